The minimum atomic E-state index is -3.60. The highest BCUT2D eigenvalue weighted by atomic mass is 35.5. The van der Waals surface area contributed by atoms with Gasteiger partial charge in [0, 0.05) is 18.0 Å². The van der Waals surface area contributed by atoms with E-state index in [1.807, 2.05) is 6.92 Å². The van der Waals surface area contributed by atoms with Gasteiger partial charge in [-0.2, -0.15) is 0 Å². The third-order valence-electron chi connectivity index (χ3n) is 4.38. The van der Waals surface area contributed by atoms with E-state index in [2.05, 4.69) is 20.2 Å². The molecular formula is C21H23ClN4O4S2. The molecule has 3 rings (SSSR count). The SMILES string of the molecule is Cc1ccc(S(=O)(=O)NCCc2nnc(NC(=O)C(C)(C)Oc3ccc(Cl)cc3)s2)cc1. The lowest BCUT2D eigenvalue weighted by atomic mass is 10.1. The number of nitrogens with one attached hydrogen (secondary N) is 2. The molecule has 0 saturated heterocycles. The molecule has 0 atom stereocenters. The fourth-order valence-corrected chi connectivity index (χ4v) is 4.48. The number of carbonyl (C=O) groups is 1. The molecule has 0 radical (unpaired) electrons. The second kappa shape index (κ2) is 9.95. The molecule has 1 aromatic heterocycles. The van der Waals surface area contributed by atoms with E-state index in [0.29, 0.717) is 27.3 Å². The number of anilines is 1. The molecule has 170 valence electrons. The summed E-state index contributed by atoms with van der Waals surface area (Å²) in [6, 6.07) is 13.3. The van der Waals surface area contributed by atoms with Gasteiger partial charge in [-0.15, -0.1) is 10.2 Å². The van der Waals surface area contributed by atoms with Gasteiger partial charge in [0.2, 0.25) is 15.2 Å². The number of sulfonamides is 1. The molecule has 0 unspecified atom stereocenters. The van der Waals surface area contributed by atoms with Crippen LogP contribution >= 0.6 is 22.9 Å². The summed E-state index contributed by atoms with van der Waals surface area (Å²) in [5.41, 5.74) is -0.183. The normalized spacial score (nSPS) is 11.9. The van der Waals surface area contributed by atoms with Crippen LogP contribution in [-0.4, -0.2) is 36.7 Å². The van der Waals surface area contributed by atoms with Gasteiger partial charge in [0.05, 0.1) is 4.90 Å². The molecule has 0 aliphatic heterocycles. The molecule has 0 aliphatic rings. The van der Waals surface area contributed by atoms with Crippen molar-refractivity contribution in [1.82, 2.24) is 14.9 Å². The van der Waals surface area contributed by atoms with Crippen molar-refractivity contribution in [3.8, 4) is 5.75 Å². The number of nitrogens with zero attached hydrogens (tertiary/aromatic N) is 2. The smallest absolute Gasteiger partial charge is 0.269 e. The number of benzene rings is 2. The largest absolute Gasteiger partial charge is 0.478 e. The number of aromatic nitrogens is 2. The fourth-order valence-electron chi connectivity index (χ4n) is 2.59. The molecule has 0 fully saturated rings. The Labute approximate surface area is 196 Å². The molecule has 8 nitrogen and oxygen atoms in total. The van der Waals surface area contributed by atoms with E-state index in [4.69, 9.17) is 16.3 Å². The van der Waals surface area contributed by atoms with Crippen LogP contribution in [0.4, 0.5) is 5.13 Å². The zero-order valence-electron chi connectivity index (χ0n) is 17.8. The molecule has 1 amide bonds. The van der Waals surface area contributed by atoms with E-state index >= 15 is 0 Å². The molecule has 3 aromatic rings. The Morgan fingerprint density at radius 1 is 1.09 bits per heavy atom. The van der Waals surface area contributed by atoms with Gasteiger partial charge >= 0.3 is 0 Å². The third kappa shape index (κ3) is 6.49. The minimum absolute atomic E-state index is 0.157. The lowest BCUT2D eigenvalue weighted by Crippen LogP contribution is -2.42. The van der Waals surface area contributed by atoms with Crippen LogP contribution in [-0.2, 0) is 21.2 Å². The Morgan fingerprint density at radius 2 is 1.75 bits per heavy atom. The van der Waals surface area contributed by atoms with Crippen molar-refractivity contribution in [1.29, 1.82) is 0 Å². The minimum Gasteiger partial charge on any atom is -0.478 e. The lowest BCUT2D eigenvalue weighted by molar-refractivity contribution is -0.128. The average Bonchev–Trinajstić information content (AvgIpc) is 3.17. The molecule has 0 aliphatic carbocycles. The van der Waals surface area contributed by atoms with E-state index < -0.39 is 21.5 Å². The highest BCUT2D eigenvalue weighted by Crippen LogP contribution is 2.23. The summed E-state index contributed by atoms with van der Waals surface area (Å²) in [5, 5.41) is 12.1. The van der Waals surface area contributed by atoms with Gasteiger partial charge in [-0.05, 0) is 57.2 Å². The van der Waals surface area contributed by atoms with Crippen molar-refractivity contribution < 1.29 is 17.9 Å². The number of hydrogen-bond acceptors (Lipinski definition) is 7. The standard InChI is InChI=1S/C21H23ClN4O4S2/c1-14-4-10-17(11-5-14)32(28,29)23-13-12-18-25-26-20(31-18)24-19(27)21(2,3)30-16-8-6-15(22)7-9-16/h4-11,23H,12-13H2,1-3H3,(H,24,26,27). The van der Waals surface area contributed by atoms with Crippen LogP contribution in [0.3, 0.4) is 0 Å². The molecule has 1 heterocycles. The highest BCUT2D eigenvalue weighted by molar-refractivity contribution is 7.89. The molecule has 2 N–H and O–H groups in total. The van der Waals surface area contributed by atoms with E-state index in [0.717, 1.165) is 5.56 Å². The number of aryl methyl sites for hydroxylation is 1. The summed E-state index contributed by atoms with van der Waals surface area (Å²) in [7, 11) is -3.60. The predicted molar refractivity (Wildman–Crippen MR) is 125 cm³/mol. The highest BCUT2D eigenvalue weighted by Gasteiger charge is 2.31. The van der Waals surface area contributed by atoms with Crippen LogP contribution in [0.25, 0.3) is 0 Å². The number of carbonyl (C=O) groups excluding carboxylic acids is 1. The van der Waals surface area contributed by atoms with Crippen molar-refractivity contribution >= 4 is 44.0 Å². The maximum absolute atomic E-state index is 12.6. The Balaban J connectivity index is 1.53. The first kappa shape index (κ1) is 24.1. The fraction of sp³-hybridized carbons (Fsp3) is 0.286. The molecule has 32 heavy (non-hydrogen) atoms. The van der Waals surface area contributed by atoms with Crippen LogP contribution in [0.2, 0.25) is 5.02 Å². The molecule has 0 bridgehead atoms. The van der Waals surface area contributed by atoms with E-state index in [1.165, 1.54) is 11.3 Å². The van der Waals surface area contributed by atoms with Gasteiger partial charge in [-0.1, -0.05) is 40.6 Å². The zero-order valence-corrected chi connectivity index (χ0v) is 20.1. The monoisotopic (exact) mass is 494 g/mol. The Bertz CT molecular complexity index is 1180. The van der Waals surface area contributed by atoms with Crippen molar-refractivity contribution in [2.45, 2.75) is 37.7 Å². The second-order valence-corrected chi connectivity index (χ2v) is 10.7. The quantitative estimate of drug-likeness (QED) is 0.468. The van der Waals surface area contributed by atoms with E-state index in [9.17, 15) is 13.2 Å². The second-order valence-electron chi connectivity index (χ2n) is 7.48. The van der Waals surface area contributed by atoms with Crippen molar-refractivity contribution in [2.75, 3.05) is 11.9 Å². The van der Waals surface area contributed by atoms with Gasteiger partial charge in [0.1, 0.15) is 10.8 Å². The van der Waals surface area contributed by atoms with Crippen LogP contribution < -0.4 is 14.8 Å². The Morgan fingerprint density at radius 3 is 2.41 bits per heavy atom. The summed E-state index contributed by atoms with van der Waals surface area (Å²) < 4.78 is 33.0. The summed E-state index contributed by atoms with van der Waals surface area (Å²) in [6.45, 7) is 5.32. The molecule has 0 spiro atoms. The third-order valence-corrected chi connectivity index (χ3v) is 7.01. The first-order valence-corrected chi connectivity index (χ1v) is 12.4. The number of rotatable bonds is 9. The lowest BCUT2D eigenvalue weighted by Gasteiger charge is -2.24. The number of ether oxygens (including phenoxy) is 1. The van der Waals surface area contributed by atoms with Gasteiger partial charge in [0.15, 0.2) is 5.60 Å². The summed E-state index contributed by atoms with van der Waals surface area (Å²) in [4.78, 5) is 12.8. The first-order valence-electron chi connectivity index (χ1n) is 9.70. The van der Waals surface area contributed by atoms with E-state index in [-0.39, 0.29) is 11.4 Å². The summed E-state index contributed by atoms with van der Waals surface area (Å²) >= 11 is 7.04. The average molecular weight is 495 g/mol. The van der Waals surface area contributed by atoms with Crippen LogP contribution in [0, 0.1) is 6.92 Å². The Kier molecular flexibility index (Phi) is 7.50. The van der Waals surface area contributed by atoms with E-state index in [1.54, 1.807) is 62.4 Å². The maximum Gasteiger partial charge on any atom is 0.269 e. The topological polar surface area (TPSA) is 110 Å². The number of halogens is 1. The van der Waals surface area contributed by atoms with Crippen LogP contribution in [0.15, 0.2) is 53.4 Å². The number of hydrogen-bond donors (Lipinski definition) is 2. The summed E-state index contributed by atoms with van der Waals surface area (Å²) in [5.74, 6) is 0.114. The molecular weight excluding hydrogens is 472 g/mol. The number of amides is 1. The molecule has 2 aromatic carbocycles. The molecule has 0 saturated carbocycles. The van der Waals surface area contributed by atoms with Crippen molar-refractivity contribution in [3.05, 3.63) is 64.1 Å². The maximum atomic E-state index is 12.6. The summed E-state index contributed by atoms with van der Waals surface area (Å²) in [6.07, 6.45) is 0.337. The van der Waals surface area contributed by atoms with Gasteiger partial charge < -0.3 is 4.74 Å². The van der Waals surface area contributed by atoms with Crippen LogP contribution in [0.5, 0.6) is 5.75 Å². The van der Waals surface area contributed by atoms with Gasteiger partial charge in [-0.3, -0.25) is 10.1 Å². The van der Waals surface area contributed by atoms with Crippen LogP contribution in [0.1, 0.15) is 24.4 Å². The zero-order chi connectivity index (χ0) is 23.4. The molecule has 11 heteroatoms. The Hall–Kier alpha value is -2.53. The van der Waals surface area contributed by atoms with Gasteiger partial charge in [-0.25, -0.2) is 13.1 Å². The predicted octanol–water partition coefficient (Wildman–Crippen LogP) is 3.82. The van der Waals surface area contributed by atoms with Crippen molar-refractivity contribution in [3.63, 3.8) is 0 Å². The van der Waals surface area contributed by atoms with Gasteiger partial charge in [0.25, 0.3) is 5.91 Å². The first-order chi connectivity index (χ1) is 15.0. The van der Waals surface area contributed by atoms with Crippen molar-refractivity contribution in [2.24, 2.45) is 0 Å².